The van der Waals surface area contributed by atoms with Gasteiger partial charge in [-0.15, -0.1) is 0 Å². The maximum absolute atomic E-state index is 11.6. The highest BCUT2D eigenvalue weighted by Crippen LogP contribution is 2.28. The van der Waals surface area contributed by atoms with Gasteiger partial charge in [0.25, 0.3) is 0 Å². The largest absolute Gasteiger partial charge is 0.481 e. The Morgan fingerprint density at radius 2 is 1.72 bits per heavy atom. The van der Waals surface area contributed by atoms with Crippen molar-refractivity contribution in [2.24, 2.45) is 0 Å². The van der Waals surface area contributed by atoms with Gasteiger partial charge in [-0.3, -0.25) is 0 Å². The number of aromatic carboxylic acids is 1. The van der Waals surface area contributed by atoms with Crippen LogP contribution in [0.5, 0.6) is 23.5 Å². The Kier molecular flexibility index (Phi) is 4.82. The number of hydrogen-bond acceptors (Lipinski definition) is 8. The summed E-state index contributed by atoms with van der Waals surface area (Å²) in [7, 11) is 2.89. The number of carbonyl (C=O) groups is 1. The molecule has 0 bridgehead atoms. The van der Waals surface area contributed by atoms with E-state index >= 15 is 0 Å². The monoisotopic (exact) mass is 346 g/mol. The van der Waals surface area contributed by atoms with Gasteiger partial charge < -0.3 is 24.2 Å². The Labute approximate surface area is 144 Å². The normalized spacial score (nSPS) is 13.6. The molecule has 1 aliphatic rings. The van der Waals surface area contributed by atoms with Crippen LogP contribution >= 0.6 is 0 Å². The molecule has 0 spiro atoms. The second-order valence-electron chi connectivity index (χ2n) is 5.35. The van der Waals surface area contributed by atoms with Crippen LogP contribution in [0.1, 0.15) is 23.3 Å². The minimum absolute atomic E-state index is 0.0470. The average molecular weight is 346 g/mol. The number of nitrogens with zero attached hydrogens (tertiary/aromatic N) is 4. The minimum atomic E-state index is -1.19. The van der Waals surface area contributed by atoms with Gasteiger partial charge in [-0.1, -0.05) is 0 Å². The van der Waals surface area contributed by atoms with Crippen LogP contribution in [0.15, 0.2) is 18.2 Å². The predicted molar refractivity (Wildman–Crippen MR) is 87.9 cm³/mol. The number of hydrogen-bond donors (Lipinski definition) is 1. The molecule has 0 unspecified atom stereocenters. The fourth-order valence-electron chi connectivity index (χ4n) is 2.53. The van der Waals surface area contributed by atoms with Crippen LogP contribution in [-0.2, 0) is 0 Å². The van der Waals surface area contributed by atoms with E-state index < -0.39 is 5.97 Å². The zero-order chi connectivity index (χ0) is 17.8. The average Bonchev–Trinajstić information content (AvgIpc) is 3.16. The molecule has 1 saturated heterocycles. The van der Waals surface area contributed by atoms with E-state index in [9.17, 15) is 9.90 Å². The predicted octanol–water partition coefficient (Wildman–Crippen LogP) is 1.98. The first-order chi connectivity index (χ1) is 12.1. The van der Waals surface area contributed by atoms with E-state index in [2.05, 4.69) is 15.0 Å². The first kappa shape index (κ1) is 16.7. The molecule has 0 radical (unpaired) electrons. The molecular weight excluding hydrogens is 328 g/mol. The van der Waals surface area contributed by atoms with Gasteiger partial charge in [-0.2, -0.15) is 9.97 Å². The van der Waals surface area contributed by atoms with E-state index in [-0.39, 0.29) is 29.2 Å². The van der Waals surface area contributed by atoms with Crippen LogP contribution in [0.3, 0.4) is 0 Å². The van der Waals surface area contributed by atoms with E-state index in [1.165, 1.54) is 20.3 Å². The molecule has 3 rings (SSSR count). The van der Waals surface area contributed by atoms with Gasteiger partial charge in [0.15, 0.2) is 11.4 Å². The van der Waals surface area contributed by atoms with Gasteiger partial charge in [-0.05, 0) is 25.0 Å². The first-order valence-electron chi connectivity index (χ1n) is 7.75. The van der Waals surface area contributed by atoms with Crippen LogP contribution < -0.4 is 19.1 Å². The second kappa shape index (κ2) is 7.20. The van der Waals surface area contributed by atoms with Crippen molar-refractivity contribution in [3.63, 3.8) is 0 Å². The summed E-state index contributed by atoms with van der Waals surface area (Å²) in [4.78, 5) is 25.9. The van der Waals surface area contributed by atoms with Gasteiger partial charge in [-0.25, -0.2) is 9.78 Å². The van der Waals surface area contributed by atoms with Gasteiger partial charge in [0.2, 0.25) is 11.8 Å². The molecular formula is C16H18N4O5. The van der Waals surface area contributed by atoms with Crippen molar-refractivity contribution in [3.8, 4) is 23.5 Å². The summed E-state index contributed by atoms with van der Waals surface area (Å²) in [6.45, 7) is 1.73. The molecule has 0 atom stereocenters. The van der Waals surface area contributed by atoms with Crippen LogP contribution in [0.25, 0.3) is 0 Å². The first-order valence-corrected chi connectivity index (χ1v) is 7.75. The lowest BCUT2D eigenvalue weighted by Crippen LogP contribution is -2.20. The van der Waals surface area contributed by atoms with Crippen molar-refractivity contribution in [1.82, 2.24) is 15.0 Å². The van der Waals surface area contributed by atoms with Crippen molar-refractivity contribution in [3.05, 3.63) is 23.9 Å². The molecule has 0 saturated carbocycles. The van der Waals surface area contributed by atoms with Crippen molar-refractivity contribution >= 4 is 11.8 Å². The summed E-state index contributed by atoms with van der Waals surface area (Å²) in [6.07, 6.45) is 2.14. The van der Waals surface area contributed by atoms with Gasteiger partial charge in [0.05, 0.1) is 20.3 Å². The smallest absolute Gasteiger partial charge is 0.358 e. The van der Waals surface area contributed by atoms with E-state index in [1.54, 1.807) is 12.1 Å². The van der Waals surface area contributed by atoms with Crippen molar-refractivity contribution in [2.75, 3.05) is 32.2 Å². The molecule has 0 aliphatic carbocycles. The molecule has 9 nitrogen and oxygen atoms in total. The van der Waals surface area contributed by atoms with Crippen molar-refractivity contribution < 1.29 is 24.1 Å². The molecule has 1 aliphatic heterocycles. The summed E-state index contributed by atoms with van der Waals surface area (Å²) in [6, 6.07) is 4.68. The third kappa shape index (κ3) is 3.70. The van der Waals surface area contributed by atoms with Crippen molar-refractivity contribution in [1.29, 1.82) is 0 Å². The van der Waals surface area contributed by atoms with Gasteiger partial charge in [0.1, 0.15) is 5.82 Å². The summed E-state index contributed by atoms with van der Waals surface area (Å²) in [5.41, 5.74) is -0.199. The number of rotatable bonds is 6. The Hall–Kier alpha value is -3.10. The Balaban J connectivity index is 1.92. The van der Waals surface area contributed by atoms with Crippen LogP contribution in [-0.4, -0.2) is 53.3 Å². The molecule has 1 N–H and O–H groups in total. The van der Waals surface area contributed by atoms with E-state index in [0.717, 1.165) is 25.9 Å². The lowest BCUT2D eigenvalue weighted by atomic mass is 10.3. The molecule has 0 amide bonds. The quantitative estimate of drug-likeness (QED) is 0.840. The SMILES string of the molecule is COc1cc(OC)nc(Oc2ccc(N3CCCC3)nc2C(=O)O)n1. The summed E-state index contributed by atoms with van der Waals surface area (Å²) >= 11 is 0. The highest BCUT2D eigenvalue weighted by molar-refractivity contribution is 5.89. The summed E-state index contributed by atoms with van der Waals surface area (Å²) < 4.78 is 15.6. The maximum Gasteiger partial charge on any atom is 0.358 e. The number of ether oxygens (including phenoxy) is 3. The lowest BCUT2D eigenvalue weighted by molar-refractivity contribution is 0.0687. The molecule has 2 aromatic rings. The fraction of sp³-hybridized carbons (Fsp3) is 0.375. The minimum Gasteiger partial charge on any atom is -0.481 e. The zero-order valence-electron chi connectivity index (χ0n) is 13.9. The third-order valence-corrected chi connectivity index (χ3v) is 3.75. The molecule has 2 aromatic heterocycles. The van der Waals surface area contributed by atoms with Crippen LogP contribution in [0.2, 0.25) is 0 Å². The number of anilines is 1. The number of methoxy groups -OCH3 is 2. The van der Waals surface area contributed by atoms with Gasteiger partial charge >= 0.3 is 12.0 Å². The number of aromatic nitrogens is 3. The number of carboxylic acids is 1. The lowest BCUT2D eigenvalue weighted by Gasteiger charge is -2.17. The van der Waals surface area contributed by atoms with Crippen molar-refractivity contribution in [2.45, 2.75) is 12.8 Å². The van der Waals surface area contributed by atoms with Gasteiger partial charge in [0, 0.05) is 13.1 Å². The number of carboxylic acid groups (broad SMARTS) is 1. The highest BCUT2D eigenvalue weighted by atomic mass is 16.5. The Bertz CT molecular complexity index is 755. The third-order valence-electron chi connectivity index (χ3n) is 3.75. The molecule has 0 aromatic carbocycles. The molecule has 9 heteroatoms. The zero-order valence-corrected chi connectivity index (χ0v) is 13.9. The van der Waals surface area contributed by atoms with E-state index in [1.807, 2.05) is 4.90 Å². The van der Waals surface area contributed by atoms with Crippen LogP contribution in [0, 0.1) is 0 Å². The Morgan fingerprint density at radius 1 is 1.08 bits per heavy atom. The molecule has 3 heterocycles. The fourth-order valence-corrected chi connectivity index (χ4v) is 2.53. The number of pyridine rings is 1. The van der Waals surface area contributed by atoms with Crippen LogP contribution in [0.4, 0.5) is 5.82 Å². The topological polar surface area (TPSA) is 107 Å². The summed E-state index contributed by atoms with van der Waals surface area (Å²) in [5, 5.41) is 9.46. The maximum atomic E-state index is 11.6. The van der Waals surface area contributed by atoms with E-state index in [4.69, 9.17) is 14.2 Å². The second-order valence-corrected chi connectivity index (χ2v) is 5.35. The standard InChI is InChI=1S/C16H18N4O5/c1-23-12-9-13(24-2)19-16(18-12)25-10-5-6-11(17-14(10)15(21)22)20-7-3-4-8-20/h5-6,9H,3-4,7-8H2,1-2H3,(H,21,22). The summed E-state index contributed by atoms with van der Waals surface area (Å²) in [5.74, 6) is -0.0520. The highest BCUT2D eigenvalue weighted by Gasteiger charge is 2.21. The molecule has 1 fully saturated rings. The van der Waals surface area contributed by atoms with E-state index in [0.29, 0.717) is 5.82 Å². The molecule has 132 valence electrons. The molecule has 25 heavy (non-hydrogen) atoms. The Morgan fingerprint density at radius 3 is 2.28 bits per heavy atom.